The quantitative estimate of drug-likeness (QED) is 0.467. The predicted molar refractivity (Wildman–Crippen MR) is 123 cm³/mol. The van der Waals surface area contributed by atoms with Gasteiger partial charge in [-0.3, -0.25) is 18.7 Å². The first kappa shape index (κ1) is 21.0. The van der Waals surface area contributed by atoms with Crippen molar-refractivity contribution >= 4 is 50.7 Å². The lowest BCUT2D eigenvalue weighted by molar-refractivity contribution is -0.119. The van der Waals surface area contributed by atoms with Gasteiger partial charge in [-0.15, -0.1) is 22.7 Å². The molecule has 10 heteroatoms. The van der Waals surface area contributed by atoms with E-state index < -0.39 is 0 Å². The maximum atomic E-state index is 12.6. The van der Waals surface area contributed by atoms with Gasteiger partial charge in [0.1, 0.15) is 6.54 Å². The molecule has 2 amide bonds. The Morgan fingerprint density at radius 1 is 1.10 bits per heavy atom. The topological polar surface area (TPSA) is 98.0 Å². The number of fused-ring (bicyclic) bond motifs is 1. The van der Waals surface area contributed by atoms with E-state index in [1.807, 2.05) is 43.3 Å². The van der Waals surface area contributed by atoms with Crippen molar-refractivity contribution in [2.45, 2.75) is 26.9 Å². The van der Waals surface area contributed by atoms with Gasteiger partial charge in [-0.1, -0.05) is 12.1 Å². The molecule has 0 aliphatic carbocycles. The predicted octanol–water partition coefficient (Wildman–Crippen LogP) is 3.11. The number of para-hydroxylation sites is 2. The number of nitrogens with zero attached hydrogens (tertiary/aromatic N) is 3. The molecule has 0 aliphatic rings. The summed E-state index contributed by atoms with van der Waals surface area (Å²) < 4.78 is 2.99. The summed E-state index contributed by atoms with van der Waals surface area (Å²) in [5, 5.41) is 6.09. The van der Waals surface area contributed by atoms with E-state index >= 15 is 0 Å². The lowest BCUT2D eigenvalue weighted by Gasteiger charge is -2.03. The number of aryl methyl sites for hydroxylation is 2. The van der Waals surface area contributed by atoms with Crippen LogP contribution in [0, 0.1) is 6.92 Å². The summed E-state index contributed by atoms with van der Waals surface area (Å²) in [7, 11) is 1.69. The van der Waals surface area contributed by atoms with E-state index in [1.54, 1.807) is 18.4 Å². The SMILES string of the molecule is CC(=O)NCc1ccc(-c2nc(NC(=O)Cn3c(=O)n(C)c4ccccc43)sc2C)s1. The zero-order valence-electron chi connectivity index (χ0n) is 17.3. The summed E-state index contributed by atoms with van der Waals surface area (Å²) in [6, 6.07) is 11.3. The largest absolute Gasteiger partial charge is 0.351 e. The third-order valence-corrected chi connectivity index (χ3v) is 6.78. The zero-order chi connectivity index (χ0) is 22.1. The van der Waals surface area contributed by atoms with E-state index in [1.165, 1.54) is 27.4 Å². The number of carbonyl (C=O) groups is 2. The smallest absolute Gasteiger partial charge is 0.329 e. The van der Waals surface area contributed by atoms with E-state index in [4.69, 9.17) is 0 Å². The Balaban J connectivity index is 1.50. The summed E-state index contributed by atoms with van der Waals surface area (Å²) in [5.41, 5.74) is 2.06. The molecule has 0 unspecified atom stereocenters. The number of benzene rings is 1. The summed E-state index contributed by atoms with van der Waals surface area (Å²) >= 11 is 2.94. The molecule has 0 saturated carbocycles. The average molecular weight is 456 g/mol. The van der Waals surface area contributed by atoms with Gasteiger partial charge < -0.3 is 10.6 Å². The van der Waals surface area contributed by atoms with Gasteiger partial charge in [0.25, 0.3) is 0 Å². The molecule has 8 nitrogen and oxygen atoms in total. The van der Waals surface area contributed by atoms with Crippen LogP contribution in [0.1, 0.15) is 16.7 Å². The maximum Gasteiger partial charge on any atom is 0.329 e. The van der Waals surface area contributed by atoms with Crippen molar-refractivity contribution in [3.8, 4) is 10.6 Å². The highest BCUT2D eigenvalue weighted by atomic mass is 32.1. The number of carbonyl (C=O) groups excluding carboxylic acids is 2. The number of imidazole rings is 1. The average Bonchev–Trinajstić information content (AvgIpc) is 3.40. The van der Waals surface area contributed by atoms with Crippen LogP contribution in [-0.2, 0) is 29.7 Å². The molecule has 0 spiro atoms. The van der Waals surface area contributed by atoms with Crippen LogP contribution in [-0.4, -0.2) is 25.9 Å². The number of thiazole rings is 1. The molecule has 3 heterocycles. The molecule has 0 fully saturated rings. The van der Waals surface area contributed by atoms with E-state index in [0.29, 0.717) is 17.2 Å². The highest BCUT2D eigenvalue weighted by Crippen LogP contribution is 2.34. The minimum Gasteiger partial charge on any atom is -0.351 e. The number of amides is 2. The molecule has 0 bridgehead atoms. The third kappa shape index (κ3) is 4.30. The first-order valence-electron chi connectivity index (χ1n) is 9.58. The Morgan fingerprint density at radius 2 is 1.84 bits per heavy atom. The van der Waals surface area contributed by atoms with Crippen LogP contribution in [0.3, 0.4) is 0 Å². The van der Waals surface area contributed by atoms with Crippen LogP contribution in [0.25, 0.3) is 21.6 Å². The van der Waals surface area contributed by atoms with Crippen molar-refractivity contribution in [3.63, 3.8) is 0 Å². The Labute approximate surface area is 186 Å². The fourth-order valence-corrected chi connectivity index (χ4v) is 5.21. The molecule has 0 atom stereocenters. The minimum atomic E-state index is -0.309. The Morgan fingerprint density at radius 3 is 2.58 bits per heavy atom. The van der Waals surface area contributed by atoms with Crippen molar-refractivity contribution in [3.05, 3.63) is 56.6 Å². The van der Waals surface area contributed by atoms with E-state index in [9.17, 15) is 14.4 Å². The van der Waals surface area contributed by atoms with Crippen LogP contribution in [0.15, 0.2) is 41.2 Å². The molecule has 0 saturated heterocycles. The highest BCUT2D eigenvalue weighted by Gasteiger charge is 2.17. The minimum absolute atomic E-state index is 0.0740. The molecule has 3 aromatic heterocycles. The molecule has 4 rings (SSSR count). The Bertz CT molecular complexity index is 1340. The number of hydrogen-bond acceptors (Lipinski definition) is 6. The monoisotopic (exact) mass is 455 g/mol. The van der Waals surface area contributed by atoms with E-state index in [2.05, 4.69) is 15.6 Å². The number of hydrogen-bond donors (Lipinski definition) is 2. The summed E-state index contributed by atoms with van der Waals surface area (Å²) in [6.45, 7) is 3.83. The number of thiophene rings is 1. The van der Waals surface area contributed by atoms with Crippen molar-refractivity contribution in [1.29, 1.82) is 0 Å². The second kappa shape index (κ2) is 8.48. The molecule has 160 valence electrons. The van der Waals surface area contributed by atoms with E-state index in [0.717, 1.165) is 25.8 Å². The zero-order valence-corrected chi connectivity index (χ0v) is 18.9. The van der Waals surface area contributed by atoms with Gasteiger partial charge in [-0.25, -0.2) is 9.78 Å². The standard InChI is InChI=1S/C21H21N5O3S2/c1-12-19(17-9-8-14(31-17)10-22-13(2)27)24-20(30-12)23-18(28)11-26-16-7-5-4-6-15(16)25(3)21(26)29/h4-9H,10-11H2,1-3H3,(H,22,27)(H,23,24,28). The fourth-order valence-electron chi connectivity index (χ4n) is 3.31. The molecular formula is C21H21N5O3S2. The summed E-state index contributed by atoms with van der Waals surface area (Å²) in [4.78, 5) is 43.8. The lowest BCUT2D eigenvalue weighted by atomic mass is 10.3. The molecule has 2 N–H and O–H groups in total. The van der Waals surface area contributed by atoms with Crippen molar-refractivity contribution in [2.24, 2.45) is 7.05 Å². The van der Waals surface area contributed by atoms with Gasteiger partial charge >= 0.3 is 5.69 Å². The third-order valence-electron chi connectivity index (χ3n) is 4.80. The summed E-state index contributed by atoms with van der Waals surface area (Å²) in [5.74, 6) is -0.383. The van der Waals surface area contributed by atoms with E-state index in [-0.39, 0.29) is 24.0 Å². The second-order valence-corrected chi connectivity index (χ2v) is 9.44. The van der Waals surface area contributed by atoms with Crippen molar-refractivity contribution in [2.75, 3.05) is 5.32 Å². The van der Waals surface area contributed by atoms with Crippen LogP contribution >= 0.6 is 22.7 Å². The number of rotatable bonds is 6. The number of anilines is 1. The number of aromatic nitrogens is 3. The maximum absolute atomic E-state index is 12.6. The van der Waals surface area contributed by atoms with Crippen molar-refractivity contribution < 1.29 is 9.59 Å². The normalized spacial score (nSPS) is 11.1. The molecule has 1 aromatic carbocycles. The first-order chi connectivity index (χ1) is 14.8. The van der Waals surface area contributed by atoms with Gasteiger partial charge in [0.05, 0.1) is 28.1 Å². The van der Waals surface area contributed by atoms with Gasteiger partial charge in [0, 0.05) is 23.7 Å². The van der Waals surface area contributed by atoms with Gasteiger partial charge in [0.2, 0.25) is 11.8 Å². The molecule has 4 aromatic rings. The molecule has 31 heavy (non-hydrogen) atoms. The van der Waals surface area contributed by atoms with Crippen LogP contribution in [0.2, 0.25) is 0 Å². The van der Waals surface area contributed by atoms with Crippen molar-refractivity contribution in [1.82, 2.24) is 19.4 Å². The molecule has 0 radical (unpaired) electrons. The lowest BCUT2D eigenvalue weighted by Crippen LogP contribution is -2.28. The Hall–Kier alpha value is -3.24. The van der Waals surface area contributed by atoms with Crippen LogP contribution < -0.4 is 16.3 Å². The van der Waals surface area contributed by atoms with Gasteiger partial charge in [0.15, 0.2) is 5.13 Å². The molecular weight excluding hydrogens is 434 g/mol. The van der Waals surface area contributed by atoms with Gasteiger partial charge in [-0.05, 0) is 31.2 Å². The molecule has 0 aliphatic heterocycles. The highest BCUT2D eigenvalue weighted by molar-refractivity contribution is 7.18. The fraction of sp³-hybridized carbons (Fsp3) is 0.238. The Kier molecular flexibility index (Phi) is 5.75. The first-order valence-corrected chi connectivity index (χ1v) is 11.2. The van der Waals surface area contributed by atoms with Crippen LogP contribution in [0.5, 0.6) is 0 Å². The number of nitrogens with one attached hydrogen (secondary N) is 2. The second-order valence-electron chi connectivity index (χ2n) is 7.06. The van der Waals surface area contributed by atoms with Gasteiger partial charge in [-0.2, -0.15) is 0 Å². The summed E-state index contributed by atoms with van der Waals surface area (Å²) in [6.07, 6.45) is 0. The van der Waals surface area contributed by atoms with Crippen LogP contribution in [0.4, 0.5) is 5.13 Å².